The first-order valence-corrected chi connectivity index (χ1v) is 14.3. The van der Waals surface area contributed by atoms with Gasteiger partial charge in [-0.2, -0.15) is 4.73 Å². The van der Waals surface area contributed by atoms with E-state index in [1.54, 1.807) is 24.3 Å². The van der Waals surface area contributed by atoms with Crippen molar-refractivity contribution >= 4 is 29.3 Å². The zero-order chi connectivity index (χ0) is 28.3. The molecule has 0 bridgehead atoms. The Kier molecular flexibility index (Phi) is 10.9. The lowest BCUT2D eigenvalue weighted by Crippen LogP contribution is -2.32. The Balaban J connectivity index is 1.39. The SMILES string of the molecule is O=C(O)CCCCCC(=O)Nc1ccc([C@H]2O[C@@H](CSc3cccc[n+]3[O-])C[C@@H](c3ccc(CO)cc3)O2)cc1. The van der Waals surface area contributed by atoms with Gasteiger partial charge < -0.3 is 30.2 Å². The highest BCUT2D eigenvalue weighted by atomic mass is 32.2. The van der Waals surface area contributed by atoms with Gasteiger partial charge in [-0.3, -0.25) is 9.59 Å². The van der Waals surface area contributed by atoms with Gasteiger partial charge in [-0.25, -0.2) is 0 Å². The van der Waals surface area contributed by atoms with E-state index in [0.717, 1.165) is 21.4 Å². The fraction of sp³-hybridized carbons (Fsp3) is 0.367. The number of aliphatic hydroxyl groups excluding tert-OH is 1. The monoisotopic (exact) mass is 566 g/mol. The number of anilines is 1. The highest BCUT2D eigenvalue weighted by molar-refractivity contribution is 7.99. The standard InChI is InChI=1S/C30H34N2O7S/c33-19-21-9-11-22(12-10-21)26-18-25(20-40-28-7-4-5-17-32(28)37)38-30(39-26)23-13-15-24(16-14-23)31-27(34)6-2-1-3-8-29(35)36/h4-5,7,9-17,25-26,30,33H,1-3,6,8,18-20H2,(H,31,34)(H,35,36)/t25-,26+,30+/m1/s1. The third-order valence-electron chi connectivity index (χ3n) is 6.58. The van der Waals surface area contributed by atoms with Crippen LogP contribution in [0.4, 0.5) is 5.69 Å². The quantitative estimate of drug-likeness (QED) is 0.112. The number of nitrogens with one attached hydrogen (secondary N) is 1. The third kappa shape index (κ3) is 8.79. The maximum atomic E-state index is 12.3. The predicted octanol–water partition coefficient (Wildman–Crippen LogP) is 5.12. The summed E-state index contributed by atoms with van der Waals surface area (Å²) in [5.74, 6) is -0.371. The molecular weight excluding hydrogens is 532 g/mol. The molecule has 1 aliphatic heterocycles. The second-order valence-corrected chi connectivity index (χ2v) is 10.7. The lowest BCUT2D eigenvalue weighted by atomic mass is 10.0. The lowest BCUT2D eigenvalue weighted by Gasteiger charge is -2.36. The maximum absolute atomic E-state index is 12.3. The van der Waals surface area contributed by atoms with Crippen molar-refractivity contribution in [3.05, 3.63) is 94.8 Å². The van der Waals surface area contributed by atoms with Crippen LogP contribution in [0.5, 0.6) is 0 Å². The highest BCUT2D eigenvalue weighted by Crippen LogP contribution is 2.39. The summed E-state index contributed by atoms with van der Waals surface area (Å²) in [6.45, 7) is -0.0311. The normalized spacial score (nSPS) is 18.8. The molecule has 0 radical (unpaired) electrons. The van der Waals surface area contributed by atoms with E-state index >= 15 is 0 Å². The van der Waals surface area contributed by atoms with Gasteiger partial charge in [0.1, 0.15) is 0 Å². The first-order chi connectivity index (χ1) is 19.4. The van der Waals surface area contributed by atoms with Gasteiger partial charge in [0.15, 0.2) is 12.5 Å². The number of hydrogen-bond acceptors (Lipinski definition) is 7. The van der Waals surface area contributed by atoms with Crippen molar-refractivity contribution in [2.24, 2.45) is 0 Å². The summed E-state index contributed by atoms with van der Waals surface area (Å²) in [4.78, 5) is 22.9. The Labute approximate surface area is 237 Å². The van der Waals surface area contributed by atoms with Crippen LogP contribution in [0.3, 0.4) is 0 Å². The van der Waals surface area contributed by atoms with E-state index < -0.39 is 12.3 Å². The lowest BCUT2D eigenvalue weighted by molar-refractivity contribution is -0.645. The maximum Gasteiger partial charge on any atom is 0.303 e. The van der Waals surface area contributed by atoms with Crippen LogP contribution in [0.25, 0.3) is 0 Å². The number of carbonyl (C=O) groups is 2. The van der Waals surface area contributed by atoms with E-state index in [1.807, 2.05) is 42.5 Å². The first kappa shape index (κ1) is 29.5. The minimum atomic E-state index is -0.821. The second kappa shape index (κ2) is 14.8. The van der Waals surface area contributed by atoms with Gasteiger partial charge in [0, 0.05) is 48.4 Å². The third-order valence-corrected chi connectivity index (χ3v) is 7.73. The molecule has 4 rings (SSSR count). The molecule has 1 fully saturated rings. The number of pyridine rings is 1. The van der Waals surface area contributed by atoms with E-state index in [4.69, 9.17) is 14.6 Å². The minimum Gasteiger partial charge on any atom is -0.618 e. The number of aliphatic carboxylic acids is 1. The topological polar surface area (TPSA) is 132 Å². The Morgan fingerprint density at radius 1 is 0.950 bits per heavy atom. The van der Waals surface area contributed by atoms with Crippen LogP contribution in [0.15, 0.2) is 78.0 Å². The highest BCUT2D eigenvalue weighted by Gasteiger charge is 2.32. The molecule has 10 heteroatoms. The molecule has 9 nitrogen and oxygen atoms in total. The number of benzene rings is 2. The molecule has 40 heavy (non-hydrogen) atoms. The molecule has 3 atom stereocenters. The molecule has 0 spiro atoms. The van der Waals surface area contributed by atoms with E-state index in [1.165, 1.54) is 18.0 Å². The fourth-order valence-electron chi connectivity index (χ4n) is 4.41. The number of carboxylic acids is 1. The number of ether oxygens (including phenoxy) is 2. The zero-order valence-electron chi connectivity index (χ0n) is 22.1. The molecule has 0 saturated carbocycles. The molecule has 2 heterocycles. The van der Waals surface area contributed by atoms with Crippen LogP contribution in [0.1, 0.15) is 67.6 Å². The van der Waals surface area contributed by atoms with Crippen molar-refractivity contribution in [3.63, 3.8) is 0 Å². The summed E-state index contributed by atoms with van der Waals surface area (Å²) in [5.41, 5.74) is 3.26. The van der Waals surface area contributed by atoms with Crippen LogP contribution in [-0.4, -0.2) is 33.9 Å². The molecule has 1 aliphatic rings. The molecule has 212 valence electrons. The van der Waals surface area contributed by atoms with Crippen molar-refractivity contribution in [2.45, 2.75) is 68.7 Å². The van der Waals surface area contributed by atoms with Gasteiger partial charge in [0.2, 0.25) is 5.91 Å². The zero-order valence-corrected chi connectivity index (χ0v) is 22.9. The van der Waals surface area contributed by atoms with Gasteiger partial charge in [-0.05, 0) is 42.2 Å². The van der Waals surface area contributed by atoms with Crippen molar-refractivity contribution in [3.8, 4) is 0 Å². The number of aromatic nitrogens is 1. The Morgan fingerprint density at radius 2 is 1.68 bits per heavy atom. The van der Waals surface area contributed by atoms with Crippen molar-refractivity contribution < 1.29 is 34.0 Å². The Hall–Kier alpha value is -3.44. The summed E-state index contributed by atoms with van der Waals surface area (Å²) in [5, 5.41) is 33.7. The van der Waals surface area contributed by atoms with Crippen LogP contribution < -0.4 is 10.0 Å². The molecule has 0 aliphatic carbocycles. The summed E-state index contributed by atoms with van der Waals surface area (Å²) in [6.07, 6.45) is 3.34. The number of carbonyl (C=O) groups excluding carboxylic acids is 1. The van der Waals surface area contributed by atoms with Gasteiger partial charge in [0.25, 0.3) is 5.03 Å². The van der Waals surface area contributed by atoms with Crippen molar-refractivity contribution in [1.29, 1.82) is 0 Å². The number of aliphatic hydroxyl groups is 1. The first-order valence-electron chi connectivity index (χ1n) is 13.3. The van der Waals surface area contributed by atoms with Crippen molar-refractivity contribution in [1.82, 2.24) is 0 Å². The average molecular weight is 567 g/mol. The second-order valence-electron chi connectivity index (χ2n) is 9.65. The molecule has 3 N–H and O–H groups in total. The number of hydrogen-bond donors (Lipinski definition) is 3. The Bertz CT molecular complexity index is 1250. The average Bonchev–Trinajstić information content (AvgIpc) is 2.96. The van der Waals surface area contributed by atoms with Crippen LogP contribution in [0.2, 0.25) is 0 Å². The minimum absolute atomic E-state index is 0.0311. The van der Waals surface area contributed by atoms with E-state index in [-0.39, 0.29) is 31.1 Å². The molecule has 1 aromatic heterocycles. The molecule has 1 amide bonds. The molecule has 3 aromatic rings. The summed E-state index contributed by atoms with van der Waals surface area (Å²) in [6, 6.07) is 20.3. The summed E-state index contributed by atoms with van der Waals surface area (Å²) < 4.78 is 13.5. The van der Waals surface area contributed by atoms with E-state index in [9.17, 15) is 19.9 Å². The number of unbranched alkanes of at least 4 members (excludes halogenated alkanes) is 2. The van der Waals surface area contributed by atoms with Crippen LogP contribution in [0, 0.1) is 5.21 Å². The number of thioether (sulfide) groups is 1. The molecular formula is C30H34N2O7S. The number of nitrogens with zero attached hydrogens (tertiary/aromatic N) is 1. The Morgan fingerprint density at radius 3 is 2.38 bits per heavy atom. The van der Waals surface area contributed by atoms with Gasteiger partial charge in [-0.15, -0.1) is 0 Å². The summed E-state index contributed by atoms with van der Waals surface area (Å²) in [7, 11) is 0. The van der Waals surface area contributed by atoms with Crippen molar-refractivity contribution in [2.75, 3.05) is 11.1 Å². The molecule has 2 aromatic carbocycles. The largest absolute Gasteiger partial charge is 0.618 e. The van der Waals surface area contributed by atoms with Gasteiger partial charge in [0.05, 0.1) is 18.8 Å². The smallest absolute Gasteiger partial charge is 0.303 e. The predicted molar refractivity (Wildman–Crippen MR) is 150 cm³/mol. The summed E-state index contributed by atoms with van der Waals surface area (Å²) >= 11 is 1.43. The van der Waals surface area contributed by atoms with E-state index in [2.05, 4.69) is 5.32 Å². The van der Waals surface area contributed by atoms with Gasteiger partial charge in [-0.1, -0.05) is 54.6 Å². The number of carboxylic acid groups (broad SMARTS) is 1. The van der Waals surface area contributed by atoms with Gasteiger partial charge >= 0.3 is 5.97 Å². The molecule has 0 unspecified atom stereocenters. The van der Waals surface area contributed by atoms with Crippen LogP contribution in [-0.2, 0) is 25.7 Å². The van der Waals surface area contributed by atoms with Crippen LogP contribution >= 0.6 is 11.8 Å². The molecule has 1 saturated heterocycles. The van der Waals surface area contributed by atoms with E-state index in [0.29, 0.717) is 48.6 Å². The fourth-order valence-corrected chi connectivity index (χ4v) is 5.35. The number of rotatable bonds is 13. The number of amides is 1.